The number of likely N-dealkylation sites (tertiary alicyclic amines) is 1. The van der Waals surface area contributed by atoms with Crippen molar-refractivity contribution in [2.24, 2.45) is 5.92 Å². The summed E-state index contributed by atoms with van der Waals surface area (Å²) in [6, 6.07) is 1.20. The van der Waals surface area contributed by atoms with Gasteiger partial charge in [-0.25, -0.2) is 9.67 Å². The maximum atomic E-state index is 9.31. The zero-order valence-corrected chi connectivity index (χ0v) is 13.3. The summed E-state index contributed by atoms with van der Waals surface area (Å²) in [5.74, 6) is 2.47. The molecule has 118 valence electrons. The number of aromatic nitrogens is 3. The van der Waals surface area contributed by atoms with E-state index in [9.17, 15) is 5.11 Å². The molecule has 0 aromatic carbocycles. The highest BCUT2D eigenvalue weighted by atomic mass is 16.3. The Bertz CT molecular complexity index is 471. The van der Waals surface area contributed by atoms with Gasteiger partial charge in [0.2, 0.25) is 0 Å². The summed E-state index contributed by atoms with van der Waals surface area (Å²) in [4.78, 5) is 7.36. The molecule has 0 spiro atoms. The highest BCUT2D eigenvalue weighted by molar-refractivity contribution is 5.00. The van der Waals surface area contributed by atoms with Gasteiger partial charge >= 0.3 is 0 Å². The zero-order valence-electron chi connectivity index (χ0n) is 13.3. The lowest BCUT2D eigenvalue weighted by molar-refractivity contribution is 0.110. The maximum Gasteiger partial charge on any atom is 0.152 e. The smallest absolute Gasteiger partial charge is 0.152 e. The van der Waals surface area contributed by atoms with E-state index in [1.165, 1.54) is 25.8 Å². The standard InChI is InChI=1S/C16H28N4O/c1-12(2)19-8-4-3-5-14(19)9-15-17-16-7-6-13(11-21)10-20(16)18-15/h12-14,21H,3-11H2,1-2H3. The van der Waals surface area contributed by atoms with Crippen LogP contribution in [0.1, 0.15) is 51.2 Å². The second-order valence-corrected chi connectivity index (χ2v) is 6.90. The molecule has 0 saturated carbocycles. The third-order valence-corrected chi connectivity index (χ3v) is 5.01. The molecule has 3 heterocycles. The topological polar surface area (TPSA) is 54.2 Å². The lowest BCUT2D eigenvalue weighted by Crippen LogP contribution is -2.45. The predicted molar refractivity (Wildman–Crippen MR) is 82.1 cm³/mol. The van der Waals surface area contributed by atoms with Crippen molar-refractivity contribution in [3.63, 3.8) is 0 Å². The van der Waals surface area contributed by atoms with Crippen LogP contribution in [0.25, 0.3) is 0 Å². The minimum Gasteiger partial charge on any atom is -0.396 e. The minimum atomic E-state index is 0.262. The summed E-state index contributed by atoms with van der Waals surface area (Å²) in [7, 11) is 0. The van der Waals surface area contributed by atoms with Crippen molar-refractivity contribution in [1.29, 1.82) is 0 Å². The highest BCUT2D eigenvalue weighted by Gasteiger charge is 2.27. The molecule has 5 heteroatoms. The molecule has 2 atom stereocenters. The Labute approximate surface area is 127 Å². The second kappa shape index (κ2) is 6.44. The Morgan fingerprint density at radius 3 is 2.90 bits per heavy atom. The Hall–Kier alpha value is -0.940. The molecule has 1 aromatic heterocycles. The molecule has 3 rings (SSSR count). The SMILES string of the molecule is CC(C)N1CCCCC1Cc1nc2n(n1)CC(CO)CC2. The minimum absolute atomic E-state index is 0.262. The van der Waals surface area contributed by atoms with E-state index in [0.29, 0.717) is 18.0 Å². The van der Waals surface area contributed by atoms with Gasteiger partial charge in [0.25, 0.3) is 0 Å². The number of aliphatic hydroxyl groups excluding tert-OH is 1. The number of nitrogens with zero attached hydrogens (tertiary/aromatic N) is 4. The normalized spacial score (nSPS) is 27.0. The van der Waals surface area contributed by atoms with E-state index >= 15 is 0 Å². The number of aryl methyl sites for hydroxylation is 1. The van der Waals surface area contributed by atoms with Crippen LogP contribution in [0.3, 0.4) is 0 Å². The van der Waals surface area contributed by atoms with Gasteiger partial charge in [-0.15, -0.1) is 0 Å². The van der Waals surface area contributed by atoms with Crippen LogP contribution in [-0.4, -0.2) is 50.0 Å². The molecular formula is C16H28N4O. The van der Waals surface area contributed by atoms with Gasteiger partial charge in [-0.2, -0.15) is 5.10 Å². The van der Waals surface area contributed by atoms with Crippen molar-refractivity contribution in [3.05, 3.63) is 11.6 Å². The molecular weight excluding hydrogens is 264 g/mol. The summed E-state index contributed by atoms with van der Waals surface area (Å²) in [5.41, 5.74) is 0. The summed E-state index contributed by atoms with van der Waals surface area (Å²) < 4.78 is 2.03. The van der Waals surface area contributed by atoms with Crippen LogP contribution in [0.4, 0.5) is 0 Å². The number of hydrogen-bond donors (Lipinski definition) is 1. The van der Waals surface area contributed by atoms with E-state index in [1.54, 1.807) is 0 Å². The van der Waals surface area contributed by atoms with E-state index in [2.05, 4.69) is 18.7 Å². The number of aliphatic hydroxyl groups is 1. The lowest BCUT2D eigenvalue weighted by atomic mass is 9.97. The van der Waals surface area contributed by atoms with Crippen molar-refractivity contribution in [2.75, 3.05) is 13.2 Å². The van der Waals surface area contributed by atoms with Crippen LogP contribution in [0.5, 0.6) is 0 Å². The first-order valence-corrected chi connectivity index (χ1v) is 8.46. The molecule has 2 unspecified atom stereocenters. The van der Waals surface area contributed by atoms with E-state index < -0.39 is 0 Å². The van der Waals surface area contributed by atoms with Crippen LogP contribution in [-0.2, 0) is 19.4 Å². The van der Waals surface area contributed by atoms with Crippen LogP contribution in [0.2, 0.25) is 0 Å². The molecule has 5 nitrogen and oxygen atoms in total. The Morgan fingerprint density at radius 2 is 2.14 bits per heavy atom. The summed E-state index contributed by atoms with van der Waals surface area (Å²) >= 11 is 0. The average Bonchev–Trinajstić information content (AvgIpc) is 2.88. The van der Waals surface area contributed by atoms with Crippen LogP contribution in [0, 0.1) is 5.92 Å². The van der Waals surface area contributed by atoms with E-state index in [-0.39, 0.29) is 6.61 Å². The molecule has 0 bridgehead atoms. The van der Waals surface area contributed by atoms with Crippen LogP contribution >= 0.6 is 0 Å². The predicted octanol–water partition coefficient (Wildman–Crippen LogP) is 1.64. The first-order valence-electron chi connectivity index (χ1n) is 8.46. The van der Waals surface area contributed by atoms with Gasteiger partial charge in [0, 0.05) is 44.0 Å². The molecule has 1 aromatic rings. The van der Waals surface area contributed by atoms with Crippen LogP contribution < -0.4 is 0 Å². The number of piperidine rings is 1. The van der Waals surface area contributed by atoms with E-state index in [0.717, 1.165) is 37.5 Å². The largest absolute Gasteiger partial charge is 0.396 e. The molecule has 2 aliphatic rings. The molecule has 1 N–H and O–H groups in total. The molecule has 21 heavy (non-hydrogen) atoms. The molecule has 0 radical (unpaired) electrons. The number of hydrogen-bond acceptors (Lipinski definition) is 4. The van der Waals surface area contributed by atoms with E-state index in [1.807, 2.05) is 4.68 Å². The maximum absolute atomic E-state index is 9.31. The number of rotatable bonds is 4. The fraction of sp³-hybridized carbons (Fsp3) is 0.875. The molecule has 2 aliphatic heterocycles. The zero-order chi connectivity index (χ0) is 14.8. The van der Waals surface area contributed by atoms with Crippen LogP contribution in [0.15, 0.2) is 0 Å². The van der Waals surface area contributed by atoms with E-state index in [4.69, 9.17) is 10.1 Å². The first-order chi connectivity index (χ1) is 10.2. The Kier molecular flexibility index (Phi) is 4.60. The van der Waals surface area contributed by atoms with Gasteiger partial charge in [0.05, 0.1) is 0 Å². The van der Waals surface area contributed by atoms with Crippen molar-refractivity contribution >= 4 is 0 Å². The third-order valence-electron chi connectivity index (χ3n) is 5.01. The second-order valence-electron chi connectivity index (χ2n) is 6.90. The van der Waals surface area contributed by atoms with Gasteiger partial charge in [-0.1, -0.05) is 6.42 Å². The average molecular weight is 292 g/mol. The third kappa shape index (κ3) is 3.29. The van der Waals surface area contributed by atoms with Gasteiger partial charge in [0.1, 0.15) is 5.82 Å². The summed E-state index contributed by atoms with van der Waals surface area (Å²) in [5, 5.41) is 14.0. The van der Waals surface area contributed by atoms with Gasteiger partial charge in [0.15, 0.2) is 5.82 Å². The number of fused-ring (bicyclic) bond motifs is 1. The Morgan fingerprint density at radius 1 is 1.29 bits per heavy atom. The van der Waals surface area contributed by atoms with Crippen molar-refractivity contribution < 1.29 is 5.11 Å². The molecule has 1 fully saturated rings. The quantitative estimate of drug-likeness (QED) is 0.916. The van der Waals surface area contributed by atoms with Crippen molar-refractivity contribution in [3.8, 4) is 0 Å². The first kappa shape index (κ1) is 15.0. The van der Waals surface area contributed by atoms with Gasteiger partial charge in [-0.3, -0.25) is 4.90 Å². The van der Waals surface area contributed by atoms with Gasteiger partial charge < -0.3 is 5.11 Å². The molecule has 0 aliphatic carbocycles. The fourth-order valence-corrected chi connectivity index (χ4v) is 3.79. The van der Waals surface area contributed by atoms with Crippen molar-refractivity contribution in [2.45, 2.75) is 71.0 Å². The summed E-state index contributed by atoms with van der Waals surface area (Å²) in [6.45, 7) is 6.88. The Balaban J connectivity index is 1.69. The highest BCUT2D eigenvalue weighted by Crippen LogP contribution is 2.23. The lowest BCUT2D eigenvalue weighted by Gasteiger charge is -2.38. The summed E-state index contributed by atoms with van der Waals surface area (Å²) in [6.07, 6.45) is 6.88. The molecule has 1 saturated heterocycles. The molecule has 0 amide bonds. The monoisotopic (exact) mass is 292 g/mol. The van der Waals surface area contributed by atoms with Gasteiger partial charge in [-0.05, 0) is 39.7 Å². The van der Waals surface area contributed by atoms with Crippen molar-refractivity contribution in [1.82, 2.24) is 19.7 Å². The fourth-order valence-electron chi connectivity index (χ4n) is 3.79.